The van der Waals surface area contributed by atoms with Crippen LogP contribution in [0.3, 0.4) is 0 Å². The molecular weight excluding hydrogens is 244 g/mol. The van der Waals surface area contributed by atoms with Gasteiger partial charge in [-0.05, 0) is 32.4 Å². The van der Waals surface area contributed by atoms with Gasteiger partial charge in [-0.1, -0.05) is 18.2 Å². The molecule has 1 N–H and O–H groups in total. The van der Waals surface area contributed by atoms with E-state index in [0.717, 1.165) is 5.57 Å². The Kier molecular flexibility index (Phi) is 5.06. The highest BCUT2D eigenvalue weighted by atomic mass is 16.6. The Balaban J connectivity index is 3.25. The van der Waals surface area contributed by atoms with E-state index in [1.54, 1.807) is 19.1 Å². The standard InChI is InChI=1S/C14H20N2O3/c1-5-15(9-10(2)3)13-7-6-12(11(4)17)8-14(13)16(18)19/h6-8,11,17H,2,5,9H2,1,3-4H3/t11-/m1/s1. The predicted molar refractivity (Wildman–Crippen MR) is 76.4 cm³/mol. The summed E-state index contributed by atoms with van der Waals surface area (Å²) in [5, 5.41) is 20.7. The SMILES string of the molecule is C=C(C)CN(CC)c1ccc([C@@H](C)O)cc1[N+](=O)[O-]. The van der Waals surface area contributed by atoms with E-state index in [1.165, 1.54) is 6.07 Å². The van der Waals surface area contributed by atoms with Gasteiger partial charge in [0.05, 0.1) is 11.0 Å². The number of benzene rings is 1. The third kappa shape index (κ3) is 3.79. The fourth-order valence-corrected chi connectivity index (χ4v) is 1.91. The van der Waals surface area contributed by atoms with Crippen LogP contribution in [0.4, 0.5) is 11.4 Å². The first kappa shape index (κ1) is 15.2. The van der Waals surface area contributed by atoms with Crippen LogP contribution < -0.4 is 4.90 Å². The van der Waals surface area contributed by atoms with Crippen molar-refractivity contribution in [2.24, 2.45) is 0 Å². The summed E-state index contributed by atoms with van der Waals surface area (Å²) < 4.78 is 0. The van der Waals surface area contributed by atoms with Gasteiger partial charge in [0.2, 0.25) is 0 Å². The number of rotatable bonds is 6. The van der Waals surface area contributed by atoms with Crippen molar-refractivity contribution in [1.82, 2.24) is 0 Å². The number of hydrogen-bond donors (Lipinski definition) is 1. The van der Waals surface area contributed by atoms with E-state index in [4.69, 9.17) is 0 Å². The van der Waals surface area contributed by atoms with Crippen molar-refractivity contribution in [1.29, 1.82) is 0 Å². The summed E-state index contributed by atoms with van der Waals surface area (Å²) >= 11 is 0. The van der Waals surface area contributed by atoms with Gasteiger partial charge >= 0.3 is 0 Å². The molecular formula is C14H20N2O3. The number of nitro benzene ring substituents is 1. The summed E-state index contributed by atoms with van der Waals surface area (Å²) in [7, 11) is 0. The monoisotopic (exact) mass is 264 g/mol. The van der Waals surface area contributed by atoms with Gasteiger partial charge in [-0.15, -0.1) is 0 Å². The molecule has 19 heavy (non-hydrogen) atoms. The van der Waals surface area contributed by atoms with Crippen LogP contribution in [-0.4, -0.2) is 23.1 Å². The van der Waals surface area contributed by atoms with Gasteiger partial charge in [0.15, 0.2) is 0 Å². The van der Waals surface area contributed by atoms with Crippen molar-refractivity contribution in [3.05, 3.63) is 46.0 Å². The first-order chi connectivity index (χ1) is 8.86. The number of hydrogen-bond acceptors (Lipinski definition) is 4. The Morgan fingerprint density at radius 3 is 2.63 bits per heavy atom. The summed E-state index contributed by atoms with van der Waals surface area (Å²) in [6.45, 7) is 10.5. The van der Waals surface area contributed by atoms with Gasteiger partial charge in [-0.3, -0.25) is 10.1 Å². The molecule has 0 amide bonds. The van der Waals surface area contributed by atoms with Crippen LogP contribution in [0.15, 0.2) is 30.4 Å². The number of nitro groups is 1. The number of likely N-dealkylation sites (N-methyl/N-ethyl adjacent to an activating group) is 1. The summed E-state index contributed by atoms with van der Waals surface area (Å²) in [5.41, 5.74) is 2.05. The molecule has 0 saturated carbocycles. The minimum atomic E-state index is -0.719. The van der Waals surface area contributed by atoms with Crippen molar-refractivity contribution in [3.63, 3.8) is 0 Å². The van der Waals surface area contributed by atoms with E-state index in [2.05, 4.69) is 6.58 Å². The highest BCUT2D eigenvalue weighted by Gasteiger charge is 2.20. The predicted octanol–water partition coefficient (Wildman–Crippen LogP) is 3.05. The Labute approximate surface area is 113 Å². The molecule has 1 aromatic carbocycles. The first-order valence-electron chi connectivity index (χ1n) is 6.22. The second-order valence-corrected chi connectivity index (χ2v) is 4.65. The third-order valence-electron chi connectivity index (χ3n) is 2.86. The fourth-order valence-electron chi connectivity index (χ4n) is 1.91. The normalized spacial score (nSPS) is 12.0. The summed E-state index contributed by atoms with van der Waals surface area (Å²) in [6, 6.07) is 4.84. The van der Waals surface area contributed by atoms with Gasteiger partial charge in [0.25, 0.3) is 5.69 Å². The lowest BCUT2D eigenvalue weighted by molar-refractivity contribution is -0.384. The van der Waals surface area contributed by atoms with Gasteiger partial charge in [-0.25, -0.2) is 0 Å². The Morgan fingerprint density at radius 1 is 1.58 bits per heavy atom. The molecule has 0 heterocycles. The van der Waals surface area contributed by atoms with Crippen LogP contribution in [0.2, 0.25) is 0 Å². The molecule has 0 radical (unpaired) electrons. The Bertz CT molecular complexity index is 484. The second-order valence-electron chi connectivity index (χ2n) is 4.65. The smallest absolute Gasteiger partial charge is 0.292 e. The Hall–Kier alpha value is -1.88. The van der Waals surface area contributed by atoms with Crippen LogP contribution >= 0.6 is 0 Å². The van der Waals surface area contributed by atoms with Crippen molar-refractivity contribution in [3.8, 4) is 0 Å². The van der Waals surface area contributed by atoms with E-state index in [-0.39, 0.29) is 5.69 Å². The lowest BCUT2D eigenvalue weighted by Gasteiger charge is -2.23. The molecule has 1 rings (SSSR count). The molecule has 0 spiro atoms. The van der Waals surface area contributed by atoms with Crippen LogP contribution in [-0.2, 0) is 0 Å². The molecule has 0 unspecified atom stereocenters. The first-order valence-corrected chi connectivity index (χ1v) is 6.22. The lowest BCUT2D eigenvalue weighted by Crippen LogP contribution is -2.25. The summed E-state index contributed by atoms with van der Waals surface area (Å²) in [4.78, 5) is 12.7. The molecule has 1 aromatic rings. The quantitative estimate of drug-likeness (QED) is 0.487. The molecule has 0 aromatic heterocycles. The zero-order chi connectivity index (χ0) is 14.6. The average Bonchev–Trinajstić information content (AvgIpc) is 2.34. The topological polar surface area (TPSA) is 66.6 Å². The van der Waals surface area contributed by atoms with Crippen molar-refractivity contribution in [2.75, 3.05) is 18.0 Å². The fraction of sp³-hybridized carbons (Fsp3) is 0.429. The van der Waals surface area contributed by atoms with Crippen molar-refractivity contribution in [2.45, 2.75) is 26.9 Å². The highest BCUT2D eigenvalue weighted by Crippen LogP contribution is 2.31. The maximum Gasteiger partial charge on any atom is 0.292 e. The summed E-state index contributed by atoms with van der Waals surface area (Å²) in [5.74, 6) is 0. The van der Waals surface area contributed by atoms with Crippen LogP contribution in [0.25, 0.3) is 0 Å². The number of aliphatic hydroxyl groups excluding tert-OH is 1. The van der Waals surface area contributed by atoms with E-state index in [0.29, 0.717) is 24.3 Å². The van der Waals surface area contributed by atoms with E-state index in [9.17, 15) is 15.2 Å². The number of nitrogens with zero attached hydrogens (tertiary/aromatic N) is 2. The molecule has 5 heteroatoms. The highest BCUT2D eigenvalue weighted by molar-refractivity contribution is 5.65. The van der Waals surface area contributed by atoms with E-state index in [1.807, 2.05) is 18.7 Å². The van der Waals surface area contributed by atoms with E-state index < -0.39 is 11.0 Å². The average molecular weight is 264 g/mol. The minimum Gasteiger partial charge on any atom is -0.389 e. The molecule has 5 nitrogen and oxygen atoms in total. The maximum absolute atomic E-state index is 11.2. The molecule has 0 bridgehead atoms. The van der Waals surface area contributed by atoms with Gasteiger partial charge < -0.3 is 10.0 Å². The van der Waals surface area contributed by atoms with Crippen molar-refractivity contribution < 1.29 is 10.0 Å². The second kappa shape index (κ2) is 6.33. The lowest BCUT2D eigenvalue weighted by atomic mass is 10.1. The molecule has 0 fully saturated rings. The molecule has 0 aliphatic rings. The zero-order valence-electron chi connectivity index (χ0n) is 11.6. The molecule has 0 aliphatic carbocycles. The summed E-state index contributed by atoms with van der Waals surface area (Å²) in [6.07, 6.45) is -0.719. The number of aliphatic hydroxyl groups is 1. The van der Waals surface area contributed by atoms with Gasteiger partial charge in [-0.2, -0.15) is 0 Å². The molecule has 0 aliphatic heterocycles. The van der Waals surface area contributed by atoms with Gasteiger partial charge in [0, 0.05) is 19.2 Å². The Morgan fingerprint density at radius 2 is 2.21 bits per heavy atom. The maximum atomic E-state index is 11.2. The third-order valence-corrected chi connectivity index (χ3v) is 2.86. The molecule has 104 valence electrons. The number of anilines is 1. The minimum absolute atomic E-state index is 0.0153. The van der Waals surface area contributed by atoms with Crippen LogP contribution in [0.5, 0.6) is 0 Å². The van der Waals surface area contributed by atoms with Gasteiger partial charge in [0.1, 0.15) is 5.69 Å². The van der Waals surface area contributed by atoms with Crippen LogP contribution in [0.1, 0.15) is 32.4 Å². The largest absolute Gasteiger partial charge is 0.389 e. The van der Waals surface area contributed by atoms with E-state index >= 15 is 0 Å². The van der Waals surface area contributed by atoms with Crippen LogP contribution in [0, 0.1) is 10.1 Å². The van der Waals surface area contributed by atoms with Crippen molar-refractivity contribution >= 4 is 11.4 Å². The molecule has 1 atom stereocenters. The molecule has 0 saturated heterocycles. The zero-order valence-corrected chi connectivity index (χ0v) is 11.6.